The van der Waals surface area contributed by atoms with Gasteiger partial charge in [0.1, 0.15) is 5.75 Å². The zero-order valence-corrected chi connectivity index (χ0v) is 26.5. The summed E-state index contributed by atoms with van der Waals surface area (Å²) in [7, 11) is -2.36. The molecular formula is C32H45N3O7S. The topological polar surface area (TPSA) is 109 Å². The molecule has 1 fully saturated rings. The number of methoxy groups -OCH3 is 1. The average Bonchev–Trinajstić information content (AvgIpc) is 3.00. The van der Waals surface area contributed by atoms with Crippen LogP contribution in [0, 0.1) is 11.3 Å². The molecule has 0 aromatic heterocycles. The molecule has 2 heterocycles. The highest BCUT2D eigenvalue weighted by molar-refractivity contribution is 7.89. The summed E-state index contributed by atoms with van der Waals surface area (Å²) in [5.41, 5.74) is 1.12. The van der Waals surface area contributed by atoms with Gasteiger partial charge in [-0.05, 0) is 47.2 Å². The fraction of sp³-hybridized carbons (Fsp3) is 0.531. The van der Waals surface area contributed by atoms with Crippen molar-refractivity contribution in [3.8, 4) is 5.75 Å². The van der Waals surface area contributed by atoms with Crippen molar-refractivity contribution < 1.29 is 32.5 Å². The molecule has 2 aliphatic heterocycles. The summed E-state index contributed by atoms with van der Waals surface area (Å²) in [4.78, 5) is 17.8. The molecule has 236 valence electrons. The minimum atomic E-state index is -3.87. The molecule has 2 aliphatic rings. The van der Waals surface area contributed by atoms with Crippen LogP contribution in [0.2, 0.25) is 0 Å². The van der Waals surface area contributed by atoms with Gasteiger partial charge in [0.2, 0.25) is 16.3 Å². The summed E-state index contributed by atoms with van der Waals surface area (Å²) in [5, 5.41) is 9.57. The van der Waals surface area contributed by atoms with Crippen molar-refractivity contribution >= 4 is 15.9 Å². The molecule has 1 saturated heterocycles. The second-order valence-corrected chi connectivity index (χ2v) is 14.0. The predicted molar refractivity (Wildman–Crippen MR) is 164 cm³/mol. The van der Waals surface area contributed by atoms with Gasteiger partial charge in [0.15, 0.2) is 5.76 Å². The molecule has 0 unspecified atom stereocenters. The molecule has 0 radical (unpaired) electrons. The Labute approximate surface area is 255 Å². The van der Waals surface area contributed by atoms with Gasteiger partial charge in [0.25, 0.3) is 5.91 Å². The molecule has 2 aromatic carbocycles. The van der Waals surface area contributed by atoms with Crippen molar-refractivity contribution in [2.24, 2.45) is 11.3 Å². The number of aliphatic hydroxyl groups is 1. The number of ether oxygens (including phenoxy) is 3. The van der Waals surface area contributed by atoms with E-state index < -0.39 is 16.3 Å². The summed E-state index contributed by atoms with van der Waals surface area (Å²) >= 11 is 0. The fourth-order valence-corrected chi connectivity index (χ4v) is 6.68. The number of hydrogen-bond donors (Lipinski definition) is 1. The number of nitrogens with zero attached hydrogens (tertiary/aromatic N) is 3. The molecule has 0 bridgehead atoms. The van der Waals surface area contributed by atoms with E-state index >= 15 is 0 Å². The summed E-state index contributed by atoms with van der Waals surface area (Å²) in [6.07, 6.45) is 1.76. The number of carbonyl (C=O) groups is 1. The van der Waals surface area contributed by atoms with Crippen LogP contribution in [0.25, 0.3) is 0 Å². The molecule has 2 atom stereocenters. The Hall–Kier alpha value is -2.96. The van der Waals surface area contributed by atoms with Crippen LogP contribution in [0.15, 0.2) is 71.3 Å². The highest BCUT2D eigenvalue weighted by Crippen LogP contribution is 2.37. The van der Waals surface area contributed by atoms with Crippen LogP contribution in [-0.2, 0) is 30.8 Å². The highest BCUT2D eigenvalue weighted by Gasteiger charge is 2.36. The number of piperazine rings is 1. The second-order valence-electron chi connectivity index (χ2n) is 12.0. The van der Waals surface area contributed by atoms with Crippen molar-refractivity contribution in [2.75, 3.05) is 59.6 Å². The van der Waals surface area contributed by atoms with Gasteiger partial charge in [-0.25, -0.2) is 8.42 Å². The third kappa shape index (κ3) is 8.79. The maximum Gasteiger partial charge on any atom is 0.288 e. The molecule has 2 aromatic rings. The lowest BCUT2D eigenvalue weighted by atomic mass is 9.77. The number of aliphatic hydroxyl groups excluding tert-OH is 1. The zero-order chi connectivity index (χ0) is 31.0. The number of rotatable bonds is 12. The van der Waals surface area contributed by atoms with Gasteiger partial charge in [-0.2, -0.15) is 4.31 Å². The molecule has 1 N–H and O–H groups in total. The van der Waals surface area contributed by atoms with Gasteiger partial charge in [-0.15, -0.1) is 0 Å². The quantitative estimate of drug-likeness (QED) is 0.388. The Balaban J connectivity index is 1.36. The minimum Gasteiger partial charge on any atom is -0.497 e. The Morgan fingerprint density at radius 2 is 1.70 bits per heavy atom. The summed E-state index contributed by atoms with van der Waals surface area (Å²) in [5.74, 6) is 0.712. The SMILES string of the molecule is COc1ccc(S(=O)(=O)N(CCO)CCO[C@@H]2C[C@H](C(C)(C)C)C=C(C(=O)N3CCN(Cc4ccccc4)CC3)O2)cc1. The van der Waals surface area contributed by atoms with Gasteiger partial charge in [-0.1, -0.05) is 51.1 Å². The number of benzene rings is 2. The van der Waals surface area contributed by atoms with E-state index in [1.54, 1.807) is 12.1 Å². The molecule has 11 heteroatoms. The summed E-state index contributed by atoms with van der Waals surface area (Å²) in [6.45, 7) is 9.62. The summed E-state index contributed by atoms with van der Waals surface area (Å²) in [6, 6.07) is 16.4. The average molecular weight is 616 g/mol. The lowest BCUT2D eigenvalue weighted by Gasteiger charge is -2.39. The van der Waals surface area contributed by atoms with Crippen molar-refractivity contribution in [1.29, 1.82) is 0 Å². The number of amides is 1. The molecule has 0 aliphatic carbocycles. The standard InChI is InChI=1S/C32H45N3O7S/c1-32(2,3)26-22-29(31(37)34-16-14-33(15-17-34)24-25-8-6-5-7-9-25)42-30(23-26)41-21-19-35(18-20-36)43(38,39)28-12-10-27(40-4)11-13-28/h5-13,22,26,30,36H,14-21,23-24H2,1-4H3/t26-,30+/m1/s1. The molecule has 0 spiro atoms. The Morgan fingerprint density at radius 1 is 1.02 bits per heavy atom. The zero-order valence-electron chi connectivity index (χ0n) is 25.6. The largest absolute Gasteiger partial charge is 0.497 e. The van der Waals surface area contributed by atoms with Crippen molar-refractivity contribution in [2.45, 2.75) is 44.9 Å². The van der Waals surface area contributed by atoms with Gasteiger partial charge < -0.3 is 24.2 Å². The van der Waals surface area contributed by atoms with Crippen molar-refractivity contribution in [3.63, 3.8) is 0 Å². The van der Waals surface area contributed by atoms with Crippen molar-refractivity contribution in [3.05, 3.63) is 72.0 Å². The molecule has 4 rings (SSSR count). The normalized spacial score (nSPS) is 20.0. The third-order valence-corrected chi connectivity index (χ3v) is 9.89. The van der Waals surface area contributed by atoms with Gasteiger partial charge in [-0.3, -0.25) is 9.69 Å². The first-order valence-electron chi connectivity index (χ1n) is 14.8. The van der Waals surface area contributed by atoms with E-state index in [1.165, 1.54) is 29.1 Å². The monoisotopic (exact) mass is 615 g/mol. The smallest absolute Gasteiger partial charge is 0.288 e. The third-order valence-electron chi connectivity index (χ3n) is 7.98. The van der Waals surface area contributed by atoms with E-state index in [0.29, 0.717) is 25.3 Å². The van der Waals surface area contributed by atoms with Crippen LogP contribution in [0.5, 0.6) is 5.75 Å². The minimum absolute atomic E-state index is 0.0192. The highest BCUT2D eigenvalue weighted by atomic mass is 32.2. The Bertz CT molecular complexity index is 1320. The number of sulfonamides is 1. The van der Waals surface area contributed by atoms with E-state index in [-0.39, 0.29) is 54.2 Å². The Morgan fingerprint density at radius 3 is 2.30 bits per heavy atom. The maximum absolute atomic E-state index is 13.6. The van der Waals surface area contributed by atoms with E-state index in [2.05, 4.69) is 37.8 Å². The molecule has 43 heavy (non-hydrogen) atoms. The first-order valence-corrected chi connectivity index (χ1v) is 16.3. The summed E-state index contributed by atoms with van der Waals surface area (Å²) < 4.78 is 45.0. The molecule has 1 amide bonds. The van der Waals surface area contributed by atoms with Gasteiger partial charge in [0, 0.05) is 52.2 Å². The van der Waals surface area contributed by atoms with Crippen molar-refractivity contribution in [1.82, 2.24) is 14.1 Å². The number of allylic oxidation sites excluding steroid dienone is 1. The first kappa shape index (κ1) is 32.9. The van der Waals surface area contributed by atoms with Crippen LogP contribution < -0.4 is 4.74 Å². The molecule has 10 nitrogen and oxygen atoms in total. The Kier molecular flexibility index (Phi) is 11.2. The van der Waals surface area contributed by atoms with Crippen LogP contribution >= 0.6 is 0 Å². The fourth-order valence-electron chi connectivity index (χ4n) is 5.27. The van der Waals surface area contributed by atoms with E-state index in [0.717, 1.165) is 19.6 Å². The van der Waals surface area contributed by atoms with Crippen LogP contribution in [0.4, 0.5) is 0 Å². The first-order chi connectivity index (χ1) is 20.5. The van der Waals surface area contributed by atoms with Crippen LogP contribution in [0.1, 0.15) is 32.8 Å². The van der Waals surface area contributed by atoms with Crippen LogP contribution in [0.3, 0.4) is 0 Å². The lowest BCUT2D eigenvalue weighted by Crippen LogP contribution is -2.49. The number of hydrogen-bond acceptors (Lipinski definition) is 8. The van der Waals surface area contributed by atoms with E-state index in [4.69, 9.17) is 14.2 Å². The van der Waals surface area contributed by atoms with Gasteiger partial charge >= 0.3 is 0 Å². The second kappa shape index (κ2) is 14.7. The van der Waals surface area contributed by atoms with E-state index in [1.807, 2.05) is 29.2 Å². The predicted octanol–water partition coefficient (Wildman–Crippen LogP) is 3.33. The number of carbonyl (C=O) groups excluding carboxylic acids is 1. The molecule has 0 saturated carbocycles. The lowest BCUT2D eigenvalue weighted by molar-refractivity contribution is -0.159. The van der Waals surface area contributed by atoms with E-state index in [9.17, 15) is 18.3 Å². The maximum atomic E-state index is 13.6. The van der Waals surface area contributed by atoms with Crippen LogP contribution in [-0.4, -0.2) is 99.4 Å². The molecular weight excluding hydrogens is 570 g/mol. The van der Waals surface area contributed by atoms with Gasteiger partial charge in [0.05, 0.1) is 25.2 Å².